The Kier molecular flexibility index (Phi) is 5.70. The first-order valence-corrected chi connectivity index (χ1v) is 11.6. The molecule has 2 fully saturated rings. The van der Waals surface area contributed by atoms with Gasteiger partial charge in [0.25, 0.3) is 0 Å². The molecule has 2 aliphatic heterocycles. The first-order valence-electron chi connectivity index (χ1n) is 11.6. The van der Waals surface area contributed by atoms with Gasteiger partial charge in [0.15, 0.2) is 0 Å². The Morgan fingerprint density at radius 1 is 1.00 bits per heavy atom. The fraction of sp³-hybridized carbons (Fsp3) is 0.538. The van der Waals surface area contributed by atoms with Crippen molar-refractivity contribution in [3.63, 3.8) is 0 Å². The Morgan fingerprint density at radius 3 is 2.47 bits per heavy atom. The van der Waals surface area contributed by atoms with Crippen LogP contribution < -0.4 is 4.74 Å². The van der Waals surface area contributed by atoms with Crippen LogP contribution in [0.5, 0.6) is 11.5 Å². The highest BCUT2D eigenvalue weighted by molar-refractivity contribution is 5.45. The van der Waals surface area contributed by atoms with Crippen molar-refractivity contribution in [1.82, 2.24) is 9.80 Å². The number of nitrogens with zero attached hydrogens (tertiary/aromatic N) is 2. The predicted molar refractivity (Wildman–Crippen MR) is 120 cm³/mol. The van der Waals surface area contributed by atoms with Gasteiger partial charge in [-0.15, -0.1) is 0 Å². The molecule has 2 aromatic carbocycles. The van der Waals surface area contributed by atoms with Gasteiger partial charge >= 0.3 is 0 Å². The summed E-state index contributed by atoms with van der Waals surface area (Å²) in [6.45, 7) is 5.30. The normalized spacial score (nSPS) is 23.7. The van der Waals surface area contributed by atoms with E-state index in [1.165, 1.54) is 61.9 Å². The highest BCUT2D eigenvalue weighted by Gasteiger charge is 2.29. The molecule has 1 aliphatic carbocycles. The summed E-state index contributed by atoms with van der Waals surface area (Å²) in [6.07, 6.45) is 6.79. The Morgan fingerprint density at radius 2 is 1.77 bits per heavy atom. The number of phenolic OH excluding ortho intramolecular Hbond substituents is 1. The van der Waals surface area contributed by atoms with Crippen LogP contribution >= 0.6 is 0 Å². The molecule has 4 heteroatoms. The van der Waals surface area contributed by atoms with Gasteiger partial charge in [-0.25, -0.2) is 0 Å². The van der Waals surface area contributed by atoms with Gasteiger partial charge in [-0.3, -0.25) is 0 Å². The molecule has 1 saturated heterocycles. The number of aromatic hydroxyl groups is 1. The van der Waals surface area contributed by atoms with E-state index >= 15 is 0 Å². The van der Waals surface area contributed by atoms with E-state index in [2.05, 4.69) is 35.0 Å². The van der Waals surface area contributed by atoms with E-state index in [-0.39, 0.29) is 0 Å². The minimum atomic E-state index is 0.324. The van der Waals surface area contributed by atoms with Crippen LogP contribution in [-0.4, -0.2) is 54.2 Å². The van der Waals surface area contributed by atoms with Crippen molar-refractivity contribution >= 4 is 0 Å². The van der Waals surface area contributed by atoms with E-state index in [1.807, 2.05) is 12.1 Å². The van der Waals surface area contributed by atoms with Crippen LogP contribution in [0, 0.1) is 5.92 Å². The number of fused-ring (bicyclic) bond motifs is 1. The van der Waals surface area contributed by atoms with E-state index in [9.17, 15) is 5.11 Å². The van der Waals surface area contributed by atoms with Crippen LogP contribution in [0.3, 0.4) is 0 Å². The van der Waals surface area contributed by atoms with Crippen molar-refractivity contribution < 1.29 is 9.84 Å². The van der Waals surface area contributed by atoms with Gasteiger partial charge in [0.05, 0.1) is 6.61 Å². The molecular weight excluding hydrogens is 372 g/mol. The molecule has 1 atom stereocenters. The zero-order valence-electron chi connectivity index (χ0n) is 18.1. The second-order valence-electron chi connectivity index (χ2n) is 9.58. The quantitative estimate of drug-likeness (QED) is 0.786. The molecule has 2 heterocycles. The minimum absolute atomic E-state index is 0.324. The Balaban J connectivity index is 1.22. The van der Waals surface area contributed by atoms with E-state index in [0.717, 1.165) is 31.5 Å². The smallest absolute Gasteiger partial charge is 0.119 e. The molecule has 30 heavy (non-hydrogen) atoms. The molecular formula is C26H34N2O2. The van der Waals surface area contributed by atoms with Gasteiger partial charge in [0, 0.05) is 25.0 Å². The summed E-state index contributed by atoms with van der Waals surface area (Å²) in [7, 11) is 2.18. The van der Waals surface area contributed by atoms with Crippen molar-refractivity contribution in [3.8, 4) is 11.5 Å². The summed E-state index contributed by atoms with van der Waals surface area (Å²) in [6, 6.07) is 15.2. The van der Waals surface area contributed by atoms with Gasteiger partial charge in [0.1, 0.15) is 11.5 Å². The lowest BCUT2D eigenvalue weighted by Crippen LogP contribution is -2.45. The second kappa shape index (κ2) is 8.60. The number of likely N-dealkylation sites (N-methyl/N-ethyl adjacent to an activating group) is 1. The number of phenols is 1. The largest absolute Gasteiger partial charge is 0.508 e. The number of hydrogen-bond acceptors (Lipinski definition) is 4. The first-order chi connectivity index (χ1) is 14.7. The molecule has 160 valence electrons. The predicted octanol–water partition coefficient (Wildman–Crippen LogP) is 4.61. The van der Waals surface area contributed by atoms with Gasteiger partial charge in [-0.2, -0.15) is 0 Å². The molecule has 5 rings (SSSR count). The van der Waals surface area contributed by atoms with Gasteiger partial charge in [0.2, 0.25) is 0 Å². The molecule has 0 amide bonds. The summed E-state index contributed by atoms with van der Waals surface area (Å²) in [4.78, 5) is 5.08. The van der Waals surface area contributed by atoms with Crippen molar-refractivity contribution in [2.24, 2.45) is 5.92 Å². The number of benzene rings is 2. The van der Waals surface area contributed by atoms with Gasteiger partial charge in [-0.05, 0) is 92.7 Å². The average Bonchev–Trinajstić information content (AvgIpc) is 2.72. The number of rotatable bonds is 5. The maximum Gasteiger partial charge on any atom is 0.119 e. The molecule has 0 radical (unpaired) electrons. The number of piperidine rings is 1. The third-order valence-electron chi connectivity index (χ3n) is 7.45. The third kappa shape index (κ3) is 4.21. The molecule has 0 spiro atoms. The molecule has 0 bridgehead atoms. The Hall–Kier alpha value is -2.04. The monoisotopic (exact) mass is 406 g/mol. The minimum Gasteiger partial charge on any atom is -0.508 e. The maximum atomic E-state index is 9.63. The number of hydrogen-bond donors (Lipinski definition) is 1. The zero-order valence-corrected chi connectivity index (χ0v) is 18.1. The van der Waals surface area contributed by atoms with Gasteiger partial charge < -0.3 is 19.6 Å². The van der Waals surface area contributed by atoms with E-state index in [1.54, 1.807) is 12.1 Å². The SMILES string of the molecule is CN1Cc2cc(OCC3CCN(C4CCC4)CC3)ccc2C(c2ccc(O)cc2)C1. The lowest BCUT2D eigenvalue weighted by atomic mass is 9.84. The summed E-state index contributed by atoms with van der Waals surface area (Å²) in [5.74, 6) is 2.36. The first kappa shape index (κ1) is 19.9. The lowest BCUT2D eigenvalue weighted by Gasteiger charge is -2.41. The fourth-order valence-electron chi connectivity index (χ4n) is 5.36. The van der Waals surface area contributed by atoms with E-state index < -0.39 is 0 Å². The lowest BCUT2D eigenvalue weighted by molar-refractivity contribution is 0.0708. The number of likely N-dealkylation sites (tertiary alicyclic amines) is 1. The molecule has 1 saturated carbocycles. The molecule has 4 nitrogen and oxygen atoms in total. The zero-order chi connectivity index (χ0) is 20.5. The van der Waals surface area contributed by atoms with Crippen molar-refractivity contribution in [2.45, 2.75) is 50.6 Å². The number of ether oxygens (including phenoxy) is 1. The standard InChI is InChI=1S/C26H34N2O2/c1-27-16-21-15-24(30-18-19-11-13-28(14-12-19)22-3-2-4-22)9-10-25(21)26(17-27)20-5-7-23(29)8-6-20/h5-10,15,19,22,26,29H,2-4,11-14,16-18H2,1H3. The molecule has 2 aromatic rings. The highest BCUT2D eigenvalue weighted by Crippen LogP contribution is 2.36. The maximum absolute atomic E-state index is 9.63. The third-order valence-corrected chi connectivity index (χ3v) is 7.45. The fourth-order valence-corrected chi connectivity index (χ4v) is 5.36. The molecule has 1 unspecified atom stereocenters. The highest BCUT2D eigenvalue weighted by atomic mass is 16.5. The van der Waals surface area contributed by atoms with Crippen molar-refractivity contribution in [2.75, 3.05) is 33.3 Å². The Labute approximate surface area is 180 Å². The van der Waals surface area contributed by atoms with Crippen LogP contribution in [0.2, 0.25) is 0 Å². The summed E-state index contributed by atoms with van der Waals surface area (Å²) >= 11 is 0. The molecule has 0 aromatic heterocycles. The topological polar surface area (TPSA) is 35.9 Å². The van der Waals surface area contributed by atoms with Crippen LogP contribution in [0.25, 0.3) is 0 Å². The van der Waals surface area contributed by atoms with Crippen molar-refractivity contribution in [1.29, 1.82) is 0 Å². The van der Waals surface area contributed by atoms with Gasteiger partial charge in [-0.1, -0.05) is 24.6 Å². The molecule has 3 aliphatic rings. The summed E-state index contributed by atoms with van der Waals surface area (Å²) in [5, 5.41) is 9.63. The van der Waals surface area contributed by atoms with Crippen LogP contribution in [-0.2, 0) is 6.54 Å². The van der Waals surface area contributed by atoms with E-state index in [4.69, 9.17) is 4.74 Å². The summed E-state index contributed by atoms with van der Waals surface area (Å²) in [5.41, 5.74) is 4.01. The molecule has 1 N–H and O–H groups in total. The van der Waals surface area contributed by atoms with Crippen LogP contribution in [0.4, 0.5) is 0 Å². The Bertz CT molecular complexity index is 854. The van der Waals surface area contributed by atoms with Crippen LogP contribution in [0.15, 0.2) is 42.5 Å². The summed E-state index contributed by atoms with van der Waals surface area (Å²) < 4.78 is 6.27. The average molecular weight is 407 g/mol. The second-order valence-corrected chi connectivity index (χ2v) is 9.58. The van der Waals surface area contributed by atoms with Crippen molar-refractivity contribution in [3.05, 3.63) is 59.2 Å². The van der Waals surface area contributed by atoms with E-state index in [0.29, 0.717) is 17.6 Å². The van der Waals surface area contributed by atoms with Crippen LogP contribution in [0.1, 0.15) is 54.7 Å².